The molecule has 0 aromatic heterocycles. The molecule has 1 fully saturated rings. The highest BCUT2D eigenvalue weighted by molar-refractivity contribution is 5.66. The van der Waals surface area contributed by atoms with Crippen molar-refractivity contribution in [2.24, 2.45) is 0 Å². The van der Waals surface area contributed by atoms with Crippen LogP contribution in [0.3, 0.4) is 0 Å². The molecule has 0 aromatic carbocycles. The third kappa shape index (κ3) is 1.88. The number of esters is 1. The molecule has 0 aliphatic carbocycles. The molecule has 14 heavy (non-hydrogen) atoms. The molecule has 82 valence electrons. The predicted molar refractivity (Wildman–Crippen MR) is 46.2 cm³/mol. The van der Waals surface area contributed by atoms with Crippen molar-refractivity contribution >= 4 is 5.97 Å². The fraction of sp³-hybridized carbons (Fsp3) is 0.889. The number of hydrogen-bond donors (Lipinski definition) is 1. The molecular formula is C9H15FO4. The number of rotatable bonds is 2. The van der Waals surface area contributed by atoms with E-state index in [1.165, 1.54) is 6.92 Å². The van der Waals surface area contributed by atoms with Crippen molar-refractivity contribution in [3.8, 4) is 0 Å². The number of aliphatic hydroxyl groups is 1. The van der Waals surface area contributed by atoms with Gasteiger partial charge < -0.3 is 14.6 Å². The van der Waals surface area contributed by atoms with E-state index in [-0.39, 0.29) is 0 Å². The van der Waals surface area contributed by atoms with Gasteiger partial charge in [0.1, 0.15) is 6.10 Å². The maximum Gasteiger partial charge on any atom is 0.305 e. The first-order valence-electron chi connectivity index (χ1n) is 4.58. The molecular weight excluding hydrogens is 191 g/mol. The van der Waals surface area contributed by atoms with E-state index in [0.717, 1.165) is 0 Å². The van der Waals surface area contributed by atoms with E-state index >= 15 is 0 Å². The minimum absolute atomic E-state index is 0.451. The molecule has 0 radical (unpaired) electrons. The summed E-state index contributed by atoms with van der Waals surface area (Å²) < 4.78 is 23.1. The smallest absolute Gasteiger partial charge is 0.305 e. The molecule has 0 amide bonds. The Morgan fingerprint density at radius 2 is 2.29 bits per heavy atom. The minimum Gasteiger partial charge on any atom is -0.433 e. The van der Waals surface area contributed by atoms with Crippen LogP contribution in [0.1, 0.15) is 27.2 Å². The summed E-state index contributed by atoms with van der Waals surface area (Å²) in [6.07, 6.45) is -3.76. The number of carbonyl (C=O) groups is 1. The number of halogens is 1. The van der Waals surface area contributed by atoms with Crippen LogP contribution in [0.25, 0.3) is 0 Å². The highest BCUT2D eigenvalue weighted by atomic mass is 19.1. The van der Waals surface area contributed by atoms with Crippen LogP contribution < -0.4 is 0 Å². The molecule has 1 saturated heterocycles. The van der Waals surface area contributed by atoms with Gasteiger partial charge in [-0.2, -0.15) is 0 Å². The molecule has 1 rings (SSSR count). The SMILES string of the molecule is CC[C@@]1(C)OC(OC(C)=O)[C@H](F)[C@@H]1O. The zero-order valence-corrected chi connectivity index (χ0v) is 8.49. The molecule has 1 N–H and O–H groups in total. The van der Waals surface area contributed by atoms with Gasteiger partial charge >= 0.3 is 5.97 Å². The van der Waals surface area contributed by atoms with Crippen molar-refractivity contribution < 1.29 is 23.8 Å². The van der Waals surface area contributed by atoms with Crippen molar-refractivity contribution in [1.82, 2.24) is 0 Å². The lowest BCUT2D eigenvalue weighted by molar-refractivity contribution is -0.192. The Hall–Kier alpha value is -0.680. The average molecular weight is 206 g/mol. The highest BCUT2D eigenvalue weighted by Crippen LogP contribution is 2.35. The zero-order chi connectivity index (χ0) is 10.9. The number of aliphatic hydroxyl groups excluding tert-OH is 1. The van der Waals surface area contributed by atoms with Gasteiger partial charge in [0.15, 0.2) is 6.17 Å². The maximum atomic E-state index is 13.4. The number of ether oxygens (including phenoxy) is 2. The van der Waals surface area contributed by atoms with Crippen LogP contribution in [-0.4, -0.2) is 35.2 Å². The van der Waals surface area contributed by atoms with Gasteiger partial charge in [-0.3, -0.25) is 4.79 Å². The van der Waals surface area contributed by atoms with Gasteiger partial charge in [-0.25, -0.2) is 4.39 Å². The molecule has 0 aromatic rings. The second-order valence-corrected chi connectivity index (χ2v) is 3.65. The van der Waals surface area contributed by atoms with Crippen LogP contribution in [0.2, 0.25) is 0 Å². The Morgan fingerprint density at radius 1 is 1.71 bits per heavy atom. The van der Waals surface area contributed by atoms with Crippen LogP contribution in [-0.2, 0) is 14.3 Å². The van der Waals surface area contributed by atoms with E-state index < -0.39 is 30.1 Å². The summed E-state index contributed by atoms with van der Waals surface area (Å²) in [5.41, 5.74) is -0.973. The monoisotopic (exact) mass is 206 g/mol. The van der Waals surface area contributed by atoms with Crippen LogP contribution in [0, 0.1) is 0 Å². The highest BCUT2D eigenvalue weighted by Gasteiger charge is 2.52. The molecule has 4 atom stereocenters. The molecule has 5 heteroatoms. The standard InChI is InChI=1S/C9H15FO4/c1-4-9(3)7(12)6(10)8(14-9)13-5(2)11/h6-8,12H,4H2,1-3H3/t6-,7+,8?,9-/m1/s1. The fourth-order valence-corrected chi connectivity index (χ4v) is 1.43. The van der Waals surface area contributed by atoms with E-state index in [2.05, 4.69) is 4.74 Å². The lowest BCUT2D eigenvalue weighted by Gasteiger charge is -2.24. The van der Waals surface area contributed by atoms with Crippen molar-refractivity contribution in [2.45, 2.75) is 51.4 Å². The quantitative estimate of drug-likeness (QED) is 0.678. The summed E-state index contributed by atoms with van der Waals surface area (Å²) >= 11 is 0. The Kier molecular flexibility index (Phi) is 3.11. The van der Waals surface area contributed by atoms with E-state index in [1.807, 2.05) is 0 Å². The second kappa shape index (κ2) is 3.82. The number of hydrogen-bond acceptors (Lipinski definition) is 4. The van der Waals surface area contributed by atoms with Gasteiger partial charge in [-0.05, 0) is 13.3 Å². The summed E-state index contributed by atoms with van der Waals surface area (Å²) in [7, 11) is 0. The predicted octanol–water partition coefficient (Wildman–Crippen LogP) is 0.773. The first kappa shape index (κ1) is 11.4. The Balaban J connectivity index is 2.71. The number of carbonyl (C=O) groups excluding carboxylic acids is 1. The van der Waals surface area contributed by atoms with E-state index in [1.54, 1.807) is 13.8 Å². The van der Waals surface area contributed by atoms with Gasteiger partial charge in [-0.1, -0.05) is 6.92 Å². The Bertz CT molecular complexity index is 233. The second-order valence-electron chi connectivity index (χ2n) is 3.65. The molecule has 1 heterocycles. The van der Waals surface area contributed by atoms with Gasteiger partial charge in [0, 0.05) is 6.92 Å². The third-order valence-electron chi connectivity index (χ3n) is 2.56. The van der Waals surface area contributed by atoms with Crippen molar-refractivity contribution in [3.63, 3.8) is 0 Å². The molecule has 0 spiro atoms. The summed E-state index contributed by atoms with van der Waals surface area (Å²) in [5, 5.41) is 9.51. The topological polar surface area (TPSA) is 55.8 Å². The van der Waals surface area contributed by atoms with Gasteiger partial charge in [0.05, 0.1) is 5.60 Å². The Labute approximate surface area is 82.0 Å². The molecule has 4 nitrogen and oxygen atoms in total. The summed E-state index contributed by atoms with van der Waals surface area (Å²) in [4.78, 5) is 10.6. The maximum absolute atomic E-state index is 13.4. The minimum atomic E-state index is -1.68. The largest absolute Gasteiger partial charge is 0.433 e. The van der Waals surface area contributed by atoms with Gasteiger partial charge in [-0.15, -0.1) is 0 Å². The van der Waals surface area contributed by atoms with Crippen molar-refractivity contribution in [1.29, 1.82) is 0 Å². The van der Waals surface area contributed by atoms with Crippen LogP contribution in [0.4, 0.5) is 4.39 Å². The van der Waals surface area contributed by atoms with Crippen LogP contribution in [0.15, 0.2) is 0 Å². The van der Waals surface area contributed by atoms with E-state index in [9.17, 15) is 14.3 Å². The summed E-state index contributed by atoms with van der Waals surface area (Å²) in [5.74, 6) is -0.620. The first-order chi connectivity index (χ1) is 6.40. The van der Waals surface area contributed by atoms with E-state index in [4.69, 9.17) is 4.74 Å². The van der Waals surface area contributed by atoms with E-state index in [0.29, 0.717) is 6.42 Å². The Morgan fingerprint density at radius 3 is 2.64 bits per heavy atom. The average Bonchev–Trinajstić information content (AvgIpc) is 2.31. The number of alkyl halides is 1. The van der Waals surface area contributed by atoms with Crippen molar-refractivity contribution in [2.75, 3.05) is 0 Å². The van der Waals surface area contributed by atoms with Gasteiger partial charge in [0.2, 0.25) is 6.29 Å². The van der Waals surface area contributed by atoms with Crippen LogP contribution >= 0.6 is 0 Å². The molecule has 0 saturated carbocycles. The normalized spacial score (nSPS) is 42.5. The lowest BCUT2D eigenvalue weighted by Crippen LogP contribution is -2.38. The summed E-state index contributed by atoms with van der Waals surface area (Å²) in [6, 6.07) is 0. The molecule has 1 unspecified atom stereocenters. The summed E-state index contributed by atoms with van der Waals surface area (Å²) in [6.45, 7) is 4.53. The molecule has 1 aliphatic rings. The molecule has 0 bridgehead atoms. The third-order valence-corrected chi connectivity index (χ3v) is 2.56. The van der Waals surface area contributed by atoms with Gasteiger partial charge in [0.25, 0.3) is 0 Å². The van der Waals surface area contributed by atoms with Crippen LogP contribution in [0.5, 0.6) is 0 Å². The molecule has 1 aliphatic heterocycles. The first-order valence-corrected chi connectivity index (χ1v) is 4.58. The fourth-order valence-electron chi connectivity index (χ4n) is 1.43. The van der Waals surface area contributed by atoms with Crippen molar-refractivity contribution in [3.05, 3.63) is 0 Å². The lowest BCUT2D eigenvalue weighted by atomic mass is 9.96. The zero-order valence-electron chi connectivity index (χ0n) is 8.49.